The molecule has 0 saturated heterocycles. The van der Waals surface area contributed by atoms with Gasteiger partial charge in [-0.05, 0) is 82.3 Å². The minimum Gasteiger partial charge on any atom is -0.490 e. The van der Waals surface area contributed by atoms with Gasteiger partial charge in [0, 0.05) is 23.5 Å². The first-order valence-corrected chi connectivity index (χ1v) is 13.9. The fraction of sp³-hybridized carbons (Fsp3) is 0.310. The van der Waals surface area contributed by atoms with E-state index in [4.69, 9.17) is 60.6 Å². The second-order valence-corrected chi connectivity index (χ2v) is 9.33. The molecule has 0 atom stereocenters. The van der Waals surface area contributed by atoms with Crippen molar-refractivity contribution < 1.29 is 14.2 Å². The van der Waals surface area contributed by atoms with Gasteiger partial charge in [-0.25, -0.2) is 0 Å². The van der Waals surface area contributed by atoms with Crippen molar-refractivity contribution in [1.82, 2.24) is 0 Å². The zero-order valence-electron chi connectivity index (χ0n) is 20.2. The second kappa shape index (κ2) is 15.3. The summed E-state index contributed by atoms with van der Waals surface area (Å²) in [6.07, 6.45) is 5.05. The maximum Gasteiger partial charge on any atom is 0.120 e. The van der Waals surface area contributed by atoms with E-state index in [1.807, 2.05) is 54.6 Å². The van der Waals surface area contributed by atoms with Crippen LogP contribution in [0.2, 0.25) is 0 Å². The second-order valence-electron chi connectivity index (χ2n) is 8.26. The topological polar surface area (TPSA) is 27.7 Å². The van der Waals surface area contributed by atoms with Gasteiger partial charge in [0.25, 0.3) is 0 Å². The number of hydrogen-bond acceptors (Lipinski definition) is 3. The molecule has 0 saturated carbocycles. The van der Waals surface area contributed by atoms with Crippen LogP contribution in [0.1, 0.15) is 46.7 Å². The molecule has 0 radical (unpaired) electrons. The van der Waals surface area contributed by atoms with Crippen LogP contribution in [0.5, 0.6) is 17.2 Å². The van der Waals surface area contributed by atoms with Crippen LogP contribution in [0.15, 0.2) is 66.7 Å². The van der Waals surface area contributed by atoms with Crippen LogP contribution in [0.3, 0.4) is 0 Å². The first-order chi connectivity index (χ1) is 17.6. The molecule has 3 rings (SSSR count). The summed E-state index contributed by atoms with van der Waals surface area (Å²) in [5.41, 5.74) is 5.79. The summed E-state index contributed by atoms with van der Waals surface area (Å²) in [5.74, 6) is 3.79. The molecule has 192 valence electrons. The lowest BCUT2D eigenvalue weighted by Gasteiger charge is -2.14. The number of hydrogen-bond donors (Lipinski definition) is 0. The lowest BCUT2D eigenvalue weighted by atomic mass is 10.1. The molecule has 7 heteroatoms. The van der Waals surface area contributed by atoms with E-state index >= 15 is 0 Å². The average Bonchev–Trinajstić information content (AvgIpc) is 2.92. The third-order valence-corrected chi connectivity index (χ3v) is 6.49. The number of alkyl halides is 4. The highest BCUT2D eigenvalue weighted by Gasteiger charge is 2.08. The van der Waals surface area contributed by atoms with Crippen molar-refractivity contribution in [1.29, 1.82) is 0 Å². The van der Waals surface area contributed by atoms with Gasteiger partial charge in [-0.15, -0.1) is 46.4 Å². The zero-order valence-corrected chi connectivity index (χ0v) is 23.3. The Balaban J connectivity index is 1.78. The first kappa shape index (κ1) is 28.5. The van der Waals surface area contributed by atoms with Crippen molar-refractivity contribution in [3.63, 3.8) is 0 Å². The molecule has 0 N–H and O–H groups in total. The Kier molecular flexibility index (Phi) is 12.1. The van der Waals surface area contributed by atoms with Crippen LogP contribution in [-0.4, -0.2) is 6.61 Å². The van der Waals surface area contributed by atoms with Gasteiger partial charge in [0.2, 0.25) is 0 Å². The summed E-state index contributed by atoms with van der Waals surface area (Å²) in [5, 5.41) is 0. The van der Waals surface area contributed by atoms with Gasteiger partial charge in [-0.3, -0.25) is 0 Å². The summed E-state index contributed by atoms with van der Waals surface area (Å²) in [7, 11) is 0. The highest BCUT2D eigenvalue weighted by Crippen LogP contribution is 2.25. The Morgan fingerprint density at radius 2 is 0.861 bits per heavy atom. The lowest BCUT2D eigenvalue weighted by molar-refractivity contribution is 0.296. The van der Waals surface area contributed by atoms with Gasteiger partial charge in [0.15, 0.2) is 0 Å². The minimum atomic E-state index is 0.362. The third-order valence-electron chi connectivity index (χ3n) is 5.26. The van der Waals surface area contributed by atoms with Gasteiger partial charge in [-0.1, -0.05) is 31.2 Å². The Hall–Kier alpha value is -2.04. The fourth-order valence-corrected chi connectivity index (χ4v) is 4.24. The minimum absolute atomic E-state index is 0.362. The van der Waals surface area contributed by atoms with Crippen LogP contribution in [-0.2, 0) is 36.7 Å². The standard InChI is InChI=1S/C29H30Cl4O3/c1-2-3-4-5-34-27-13-25(19-35-28-9-21(15-30)6-22(10-28)16-31)8-26(14-27)20-36-29-11-23(17-32)7-24(12-29)18-33/h3-4,6-14H,2,5,15-20H2,1H3/b4-3+. The van der Waals surface area contributed by atoms with Crippen LogP contribution in [0.25, 0.3) is 0 Å². The van der Waals surface area contributed by atoms with Crippen LogP contribution >= 0.6 is 46.4 Å². The summed E-state index contributed by atoms with van der Waals surface area (Å²) in [6, 6.07) is 17.7. The summed E-state index contributed by atoms with van der Waals surface area (Å²) >= 11 is 24.1. The predicted molar refractivity (Wildman–Crippen MR) is 151 cm³/mol. The monoisotopic (exact) mass is 566 g/mol. The van der Waals surface area contributed by atoms with Crippen molar-refractivity contribution in [2.75, 3.05) is 6.61 Å². The van der Waals surface area contributed by atoms with E-state index in [1.165, 1.54) is 0 Å². The number of benzene rings is 3. The van der Waals surface area contributed by atoms with Crippen molar-refractivity contribution in [3.8, 4) is 17.2 Å². The lowest BCUT2D eigenvalue weighted by Crippen LogP contribution is -2.03. The molecule has 0 spiro atoms. The smallest absolute Gasteiger partial charge is 0.120 e. The number of rotatable bonds is 14. The Bertz CT molecular complexity index is 1030. The van der Waals surface area contributed by atoms with E-state index in [1.54, 1.807) is 0 Å². The van der Waals surface area contributed by atoms with E-state index in [-0.39, 0.29) is 0 Å². The number of allylic oxidation sites excluding steroid dienone is 1. The van der Waals surface area contributed by atoms with Gasteiger partial charge in [0.05, 0.1) is 0 Å². The van der Waals surface area contributed by atoms with E-state index in [0.29, 0.717) is 43.3 Å². The molecule has 0 unspecified atom stereocenters. The van der Waals surface area contributed by atoms with Crippen molar-refractivity contribution in [3.05, 3.63) is 100 Å². The molecule has 0 aromatic heterocycles. The molecule has 3 nitrogen and oxygen atoms in total. The fourth-order valence-electron chi connectivity index (χ4n) is 3.62. The maximum atomic E-state index is 6.10. The summed E-state index contributed by atoms with van der Waals surface area (Å²) < 4.78 is 18.2. The van der Waals surface area contributed by atoms with Crippen molar-refractivity contribution in [2.24, 2.45) is 0 Å². The van der Waals surface area contributed by atoms with Crippen LogP contribution in [0, 0.1) is 0 Å². The predicted octanol–water partition coefficient (Wildman–Crippen LogP) is 9.14. The van der Waals surface area contributed by atoms with Gasteiger partial charge in [-0.2, -0.15) is 0 Å². The van der Waals surface area contributed by atoms with Crippen molar-refractivity contribution >= 4 is 46.4 Å². The number of ether oxygens (including phenoxy) is 3. The Morgan fingerprint density at radius 3 is 1.25 bits per heavy atom. The normalized spacial score (nSPS) is 11.1. The van der Waals surface area contributed by atoms with E-state index in [2.05, 4.69) is 19.1 Å². The molecule has 0 amide bonds. The molecule has 3 aromatic rings. The summed E-state index contributed by atoms with van der Waals surface area (Å²) in [6.45, 7) is 3.31. The molecule has 0 bridgehead atoms. The van der Waals surface area contributed by atoms with Gasteiger partial charge < -0.3 is 14.2 Å². The van der Waals surface area contributed by atoms with Gasteiger partial charge >= 0.3 is 0 Å². The number of halogens is 4. The Labute approximate surface area is 233 Å². The Morgan fingerprint density at radius 1 is 0.500 bits per heavy atom. The molecular weight excluding hydrogens is 538 g/mol. The quantitative estimate of drug-likeness (QED) is 0.143. The SMILES string of the molecule is CC/C=C/COc1cc(COc2cc(CCl)cc(CCl)c2)cc(COc2cc(CCl)cc(CCl)c2)c1. The molecule has 0 aliphatic heterocycles. The molecule has 0 fully saturated rings. The van der Waals surface area contributed by atoms with E-state index < -0.39 is 0 Å². The van der Waals surface area contributed by atoms with Crippen LogP contribution in [0.4, 0.5) is 0 Å². The average molecular weight is 568 g/mol. The molecule has 0 aliphatic rings. The third kappa shape index (κ3) is 9.12. The van der Waals surface area contributed by atoms with Crippen molar-refractivity contribution in [2.45, 2.75) is 50.1 Å². The van der Waals surface area contributed by atoms with E-state index in [0.717, 1.165) is 57.1 Å². The van der Waals surface area contributed by atoms with Crippen LogP contribution < -0.4 is 14.2 Å². The first-order valence-electron chi connectivity index (χ1n) is 11.7. The molecule has 0 aliphatic carbocycles. The summed E-state index contributed by atoms with van der Waals surface area (Å²) in [4.78, 5) is 0. The molecule has 36 heavy (non-hydrogen) atoms. The molecule has 3 aromatic carbocycles. The van der Waals surface area contributed by atoms with E-state index in [9.17, 15) is 0 Å². The highest BCUT2D eigenvalue weighted by molar-refractivity contribution is 6.18. The molecule has 0 heterocycles. The largest absolute Gasteiger partial charge is 0.490 e. The molecular formula is C29H30Cl4O3. The maximum absolute atomic E-state index is 6.10. The van der Waals surface area contributed by atoms with Gasteiger partial charge in [0.1, 0.15) is 37.1 Å². The highest BCUT2D eigenvalue weighted by atomic mass is 35.5. The zero-order chi connectivity index (χ0) is 25.8.